The molecule has 1 heterocycles. The normalized spacial score (nSPS) is 23.4. The van der Waals surface area contributed by atoms with Gasteiger partial charge in [-0.25, -0.2) is 0 Å². The third kappa shape index (κ3) is 4.10. The summed E-state index contributed by atoms with van der Waals surface area (Å²) in [5.74, 6) is 1.71. The molecule has 2 aliphatic rings. The van der Waals surface area contributed by atoms with Gasteiger partial charge in [-0.3, -0.25) is 0 Å². The van der Waals surface area contributed by atoms with Crippen LogP contribution in [-0.2, 0) is 5.41 Å². The molecule has 1 aliphatic heterocycles. The number of ether oxygens (including phenoxy) is 1. The molecule has 0 saturated heterocycles. The van der Waals surface area contributed by atoms with E-state index in [0.717, 1.165) is 41.7 Å². The predicted octanol–water partition coefficient (Wildman–Crippen LogP) is 6.22. The van der Waals surface area contributed by atoms with Gasteiger partial charge in [-0.2, -0.15) is 0 Å². The molecule has 0 aromatic heterocycles. The Labute approximate surface area is 170 Å². The van der Waals surface area contributed by atoms with E-state index in [1.165, 1.54) is 25.7 Å². The number of aliphatic hydroxyl groups is 1. The number of fused-ring (bicyclic) bond motifs is 3. The van der Waals surface area contributed by atoms with Crippen molar-refractivity contribution in [1.82, 2.24) is 0 Å². The maximum atomic E-state index is 11.0. The predicted molar refractivity (Wildman–Crippen MR) is 115 cm³/mol. The number of aliphatic hydroxyl groups excluding tert-OH is 1. The lowest BCUT2D eigenvalue weighted by molar-refractivity contribution is 0.00662. The summed E-state index contributed by atoms with van der Waals surface area (Å²) < 4.78 is 6.47. The standard InChI is InChI=1S/C25H38O3/c1-6-7-8-9-12-24(2,3)18-14-21(27)23-19-13-17(16-26)10-11-20(19)25(4,5)28-22(23)15-18/h10,14-15,19-20,26-27H,6-9,11-13,16H2,1-5H3/t19-,20+/m0/s1. The highest BCUT2D eigenvalue weighted by Gasteiger charge is 2.46. The molecule has 3 heteroatoms. The first kappa shape index (κ1) is 21.2. The van der Waals surface area contributed by atoms with Crippen molar-refractivity contribution in [2.24, 2.45) is 5.92 Å². The minimum absolute atomic E-state index is 0.00727. The van der Waals surface area contributed by atoms with Gasteiger partial charge in [0.25, 0.3) is 0 Å². The van der Waals surface area contributed by atoms with Crippen LogP contribution < -0.4 is 4.74 Å². The van der Waals surface area contributed by atoms with E-state index in [1.807, 2.05) is 6.07 Å². The molecule has 0 bridgehead atoms. The summed E-state index contributed by atoms with van der Waals surface area (Å²) >= 11 is 0. The minimum Gasteiger partial charge on any atom is -0.508 e. The number of hydrogen-bond donors (Lipinski definition) is 2. The minimum atomic E-state index is -0.286. The van der Waals surface area contributed by atoms with Crippen LogP contribution in [0.3, 0.4) is 0 Å². The second kappa shape index (κ2) is 8.10. The molecule has 156 valence electrons. The number of aromatic hydroxyl groups is 1. The SMILES string of the molecule is CCCCCCC(C)(C)c1cc(O)c2c(c1)OC(C)(C)[C@@H]1CC=C(CO)C[C@H]21. The first-order valence-corrected chi connectivity index (χ1v) is 11.0. The molecule has 0 unspecified atom stereocenters. The molecule has 0 amide bonds. The van der Waals surface area contributed by atoms with E-state index in [9.17, 15) is 10.2 Å². The van der Waals surface area contributed by atoms with Crippen LogP contribution in [-0.4, -0.2) is 22.4 Å². The van der Waals surface area contributed by atoms with Crippen molar-refractivity contribution in [3.8, 4) is 11.5 Å². The van der Waals surface area contributed by atoms with Gasteiger partial charge in [-0.05, 0) is 61.8 Å². The quantitative estimate of drug-likeness (QED) is 0.432. The largest absolute Gasteiger partial charge is 0.508 e. The Hall–Kier alpha value is -1.48. The van der Waals surface area contributed by atoms with Crippen LogP contribution in [0.2, 0.25) is 0 Å². The highest BCUT2D eigenvalue weighted by atomic mass is 16.5. The van der Waals surface area contributed by atoms with Crippen molar-refractivity contribution in [3.63, 3.8) is 0 Å². The van der Waals surface area contributed by atoms with Crippen molar-refractivity contribution < 1.29 is 14.9 Å². The van der Waals surface area contributed by atoms with Crippen LogP contribution in [0.4, 0.5) is 0 Å². The van der Waals surface area contributed by atoms with Gasteiger partial charge in [0.05, 0.1) is 6.61 Å². The molecular formula is C25H38O3. The summed E-state index contributed by atoms with van der Waals surface area (Å²) in [6.07, 6.45) is 9.95. The Kier molecular flexibility index (Phi) is 6.14. The van der Waals surface area contributed by atoms with Gasteiger partial charge >= 0.3 is 0 Å². The fourth-order valence-corrected chi connectivity index (χ4v) is 5.12. The van der Waals surface area contributed by atoms with Crippen molar-refractivity contribution in [2.45, 2.75) is 96.5 Å². The average Bonchev–Trinajstić information content (AvgIpc) is 2.63. The second-order valence-electron chi connectivity index (χ2n) is 9.98. The lowest BCUT2D eigenvalue weighted by Crippen LogP contribution is -2.45. The van der Waals surface area contributed by atoms with E-state index in [1.54, 1.807) is 0 Å². The van der Waals surface area contributed by atoms with Gasteiger partial charge in [-0.1, -0.05) is 52.5 Å². The van der Waals surface area contributed by atoms with E-state index in [0.29, 0.717) is 11.7 Å². The molecule has 0 saturated carbocycles. The molecule has 3 nitrogen and oxygen atoms in total. The first-order valence-electron chi connectivity index (χ1n) is 11.0. The molecule has 0 spiro atoms. The van der Waals surface area contributed by atoms with E-state index < -0.39 is 0 Å². The van der Waals surface area contributed by atoms with Crippen LogP contribution in [0.1, 0.15) is 96.6 Å². The fraction of sp³-hybridized carbons (Fsp3) is 0.680. The summed E-state index contributed by atoms with van der Waals surface area (Å²) in [6, 6.07) is 4.14. The lowest BCUT2D eigenvalue weighted by Gasteiger charge is -2.47. The van der Waals surface area contributed by atoms with Gasteiger partial charge in [0.1, 0.15) is 17.1 Å². The van der Waals surface area contributed by atoms with Gasteiger partial charge < -0.3 is 14.9 Å². The Morgan fingerprint density at radius 3 is 2.61 bits per heavy atom. The third-order valence-corrected chi connectivity index (χ3v) is 7.03. The van der Waals surface area contributed by atoms with E-state index >= 15 is 0 Å². The number of phenolic OH excluding ortho intramolecular Hbond substituents is 1. The molecule has 1 aliphatic carbocycles. The highest BCUT2D eigenvalue weighted by molar-refractivity contribution is 5.54. The summed E-state index contributed by atoms with van der Waals surface area (Å²) in [5, 5.41) is 20.7. The van der Waals surface area contributed by atoms with E-state index in [2.05, 4.69) is 46.8 Å². The number of benzene rings is 1. The highest BCUT2D eigenvalue weighted by Crippen LogP contribution is 2.54. The second-order valence-corrected chi connectivity index (χ2v) is 9.98. The van der Waals surface area contributed by atoms with Crippen molar-refractivity contribution in [3.05, 3.63) is 34.9 Å². The number of allylic oxidation sites excluding steroid dienone is 1. The van der Waals surface area contributed by atoms with Crippen LogP contribution in [0.15, 0.2) is 23.8 Å². The molecule has 2 N–H and O–H groups in total. The summed E-state index contributed by atoms with van der Waals surface area (Å²) in [4.78, 5) is 0. The van der Waals surface area contributed by atoms with Crippen LogP contribution in [0.5, 0.6) is 11.5 Å². The van der Waals surface area contributed by atoms with Gasteiger partial charge in [-0.15, -0.1) is 0 Å². The summed E-state index contributed by atoms with van der Waals surface area (Å²) in [5.41, 5.74) is 2.89. The Morgan fingerprint density at radius 2 is 1.93 bits per heavy atom. The van der Waals surface area contributed by atoms with Gasteiger partial charge in [0.15, 0.2) is 0 Å². The van der Waals surface area contributed by atoms with E-state index in [4.69, 9.17) is 4.74 Å². The molecule has 28 heavy (non-hydrogen) atoms. The summed E-state index contributed by atoms with van der Waals surface area (Å²) in [7, 11) is 0. The lowest BCUT2D eigenvalue weighted by atomic mass is 9.66. The number of rotatable bonds is 7. The third-order valence-electron chi connectivity index (χ3n) is 7.03. The van der Waals surface area contributed by atoms with E-state index in [-0.39, 0.29) is 23.5 Å². The number of unbranched alkanes of at least 4 members (excludes halogenated alkanes) is 3. The molecule has 1 aromatic carbocycles. The fourth-order valence-electron chi connectivity index (χ4n) is 5.12. The maximum absolute atomic E-state index is 11.0. The van der Waals surface area contributed by atoms with Gasteiger partial charge in [0, 0.05) is 17.4 Å². The molecule has 0 fully saturated rings. The average molecular weight is 387 g/mol. The Morgan fingerprint density at radius 1 is 1.18 bits per heavy atom. The number of hydrogen-bond acceptors (Lipinski definition) is 3. The molecule has 0 radical (unpaired) electrons. The summed E-state index contributed by atoms with van der Waals surface area (Å²) in [6.45, 7) is 11.2. The van der Waals surface area contributed by atoms with Crippen molar-refractivity contribution in [2.75, 3.05) is 6.61 Å². The first-order chi connectivity index (χ1) is 13.2. The Bertz CT molecular complexity index is 730. The maximum Gasteiger partial charge on any atom is 0.127 e. The molecule has 2 atom stereocenters. The zero-order valence-electron chi connectivity index (χ0n) is 18.3. The Balaban J connectivity index is 1.93. The van der Waals surface area contributed by atoms with Crippen LogP contribution in [0.25, 0.3) is 0 Å². The smallest absolute Gasteiger partial charge is 0.127 e. The number of phenols is 1. The van der Waals surface area contributed by atoms with Gasteiger partial charge in [0.2, 0.25) is 0 Å². The monoisotopic (exact) mass is 386 g/mol. The molecule has 1 aromatic rings. The van der Waals surface area contributed by atoms with Crippen molar-refractivity contribution >= 4 is 0 Å². The zero-order chi connectivity index (χ0) is 20.5. The van der Waals surface area contributed by atoms with Crippen LogP contribution >= 0.6 is 0 Å². The molecule has 3 rings (SSSR count). The van der Waals surface area contributed by atoms with Crippen LogP contribution in [0, 0.1) is 5.92 Å². The van der Waals surface area contributed by atoms with Crippen molar-refractivity contribution in [1.29, 1.82) is 0 Å². The topological polar surface area (TPSA) is 49.7 Å². The molecular weight excluding hydrogens is 348 g/mol. The zero-order valence-corrected chi connectivity index (χ0v) is 18.3.